The monoisotopic (exact) mass is 206 g/mol. The molecule has 0 N–H and O–H groups in total. The van der Waals surface area contributed by atoms with Gasteiger partial charge in [-0.25, -0.2) is 0 Å². The second-order valence-electron chi connectivity index (χ2n) is 3.40. The summed E-state index contributed by atoms with van der Waals surface area (Å²) in [5, 5.41) is 0. The molecule has 0 aliphatic heterocycles. The van der Waals surface area contributed by atoms with E-state index in [1.54, 1.807) is 17.8 Å². The van der Waals surface area contributed by atoms with Crippen LogP contribution in [-0.4, -0.2) is 11.9 Å². The molecule has 0 fully saturated rings. The third-order valence-corrected chi connectivity index (χ3v) is 2.30. The lowest BCUT2D eigenvalue weighted by atomic mass is 10.2. The van der Waals surface area contributed by atoms with Crippen molar-refractivity contribution >= 4 is 0 Å². The molecule has 2 rings (SSSR count). The number of aryl methyl sites for hydroxylation is 1. The van der Waals surface area contributed by atoms with E-state index in [-0.39, 0.29) is 0 Å². The van der Waals surface area contributed by atoms with Crippen LogP contribution in [0.1, 0.15) is 15.4 Å². The van der Waals surface area contributed by atoms with Crippen LogP contribution >= 0.6 is 0 Å². The van der Waals surface area contributed by atoms with Crippen molar-refractivity contribution in [1.82, 2.24) is 4.85 Å². The van der Waals surface area contributed by atoms with Gasteiger partial charge in [-0.2, -0.15) is 0 Å². The third kappa shape index (κ3) is 2.01. The zero-order valence-electron chi connectivity index (χ0n) is 11.6. The van der Waals surface area contributed by atoms with E-state index >= 15 is 0 Å². The molecule has 0 spiro atoms. The SMILES string of the molecule is [2H]C([2H])([2H])On1c(C)cc[n+]1Cc1ccccc1. The van der Waals surface area contributed by atoms with E-state index in [2.05, 4.69) is 0 Å². The zero-order valence-corrected chi connectivity index (χ0v) is 8.55. The standard InChI is InChI=1S/C12H15N2O/c1-11-8-9-13(14(11)15-2)10-12-6-4-3-5-7-12/h3-9H,10H2,1-2H3/q+1/i2D3. The first-order valence-corrected chi connectivity index (χ1v) is 4.77. The molecule has 0 aliphatic carbocycles. The number of hydrogen-bond donors (Lipinski definition) is 0. The highest BCUT2D eigenvalue weighted by Crippen LogP contribution is 1.98. The average Bonchev–Trinajstić information content (AvgIpc) is 2.61. The van der Waals surface area contributed by atoms with E-state index in [9.17, 15) is 0 Å². The Bertz CT molecular complexity index is 520. The van der Waals surface area contributed by atoms with Crippen molar-refractivity contribution in [3.8, 4) is 0 Å². The second kappa shape index (κ2) is 4.17. The lowest BCUT2D eigenvalue weighted by Gasteiger charge is -2.01. The van der Waals surface area contributed by atoms with Crippen LogP contribution in [0.15, 0.2) is 42.6 Å². The molecule has 3 heteroatoms. The first kappa shape index (κ1) is 6.67. The van der Waals surface area contributed by atoms with Crippen LogP contribution in [-0.2, 0) is 6.54 Å². The van der Waals surface area contributed by atoms with Crippen LogP contribution in [0, 0.1) is 6.92 Å². The summed E-state index contributed by atoms with van der Waals surface area (Å²) in [6.45, 7) is 2.36. The van der Waals surface area contributed by atoms with Crippen molar-refractivity contribution < 1.29 is 13.6 Å². The second-order valence-corrected chi connectivity index (χ2v) is 3.40. The Kier molecular flexibility index (Phi) is 1.85. The predicted molar refractivity (Wildman–Crippen MR) is 57.4 cm³/mol. The number of aromatic nitrogens is 2. The first-order chi connectivity index (χ1) is 8.46. The molecule has 0 unspecified atom stereocenters. The molecule has 3 nitrogen and oxygen atoms in total. The van der Waals surface area contributed by atoms with Gasteiger partial charge in [0.1, 0.15) is 12.7 Å². The molecule has 0 atom stereocenters. The van der Waals surface area contributed by atoms with Gasteiger partial charge < -0.3 is 4.84 Å². The van der Waals surface area contributed by atoms with Crippen molar-refractivity contribution in [2.45, 2.75) is 13.5 Å². The molecular weight excluding hydrogens is 188 g/mol. The normalized spacial score (nSPS) is 14.1. The highest BCUT2D eigenvalue weighted by molar-refractivity contribution is 5.13. The van der Waals surface area contributed by atoms with Gasteiger partial charge in [-0.1, -0.05) is 35.0 Å². The fraction of sp³-hybridized carbons (Fsp3) is 0.250. The maximum Gasteiger partial charge on any atom is 0.200 e. The highest BCUT2D eigenvalue weighted by atomic mass is 16.7. The lowest BCUT2D eigenvalue weighted by molar-refractivity contribution is -0.791. The molecule has 0 saturated heterocycles. The molecule has 1 heterocycles. The quantitative estimate of drug-likeness (QED) is 0.690. The van der Waals surface area contributed by atoms with Gasteiger partial charge in [0.2, 0.25) is 6.54 Å². The number of benzene rings is 1. The van der Waals surface area contributed by atoms with Gasteiger partial charge >= 0.3 is 0 Å². The van der Waals surface area contributed by atoms with Crippen molar-refractivity contribution in [2.24, 2.45) is 0 Å². The molecule has 1 aromatic heterocycles. The molecule has 0 amide bonds. The van der Waals surface area contributed by atoms with Crippen molar-refractivity contribution in [1.29, 1.82) is 0 Å². The number of rotatable bonds is 3. The fourth-order valence-corrected chi connectivity index (χ4v) is 1.53. The Labute approximate surface area is 93.7 Å². The Balaban J connectivity index is 2.24. The van der Waals surface area contributed by atoms with Crippen LogP contribution in [0.5, 0.6) is 0 Å². The summed E-state index contributed by atoms with van der Waals surface area (Å²) in [7, 11) is -2.46. The van der Waals surface area contributed by atoms with Crippen LogP contribution < -0.4 is 9.52 Å². The largest absolute Gasteiger partial charge is 0.372 e. The summed E-state index contributed by atoms with van der Waals surface area (Å²) in [5.41, 5.74) is 1.82. The third-order valence-electron chi connectivity index (χ3n) is 2.30. The first-order valence-electron chi connectivity index (χ1n) is 6.27. The summed E-state index contributed by atoms with van der Waals surface area (Å²) < 4.78 is 23.2. The van der Waals surface area contributed by atoms with Crippen LogP contribution in [0.2, 0.25) is 0 Å². The summed E-state index contributed by atoms with van der Waals surface area (Å²) in [4.78, 5) is 6.26. The molecule has 2 aromatic rings. The van der Waals surface area contributed by atoms with E-state index in [0.717, 1.165) is 11.3 Å². The Morgan fingerprint density at radius 1 is 1.33 bits per heavy atom. The maximum absolute atomic E-state index is 7.16. The maximum atomic E-state index is 7.16. The molecule has 15 heavy (non-hydrogen) atoms. The van der Waals surface area contributed by atoms with Crippen molar-refractivity contribution in [3.63, 3.8) is 0 Å². The minimum absolute atomic E-state index is 0.560. The highest BCUT2D eigenvalue weighted by Gasteiger charge is 2.12. The molecule has 0 bridgehead atoms. The minimum Gasteiger partial charge on any atom is -0.372 e. The molecule has 0 aliphatic rings. The van der Waals surface area contributed by atoms with Gasteiger partial charge in [-0.15, -0.1) is 0 Å². The summed E-state index contributed by atoms with van der Waals surface area (Å²) in [6.07, 6.45) is 1.80. The van der Waals surface area contributed by atoms with Gasteiger partial charge in [0.15, 0.2) is 6.20 Å². The van der Waals surface area contributed by atoms with Gasteiger partial charge in [-0.3, -0.25) is 0 Å². The number of nitrogens with zero attached hydrogens (tertiary/aromatic N) is 2. The van der Waals surface area contributed by atoms with E-state index in [4.69, 9.17) is 8.95 Å². The van der Waals surface area contributed by atoms with Crippen molar-refractivity contribution in [2.75, 3.05) is 7.04 Å². The fourth-order valence-electron chi connectivity index (χ4n) is 1.53. The zero-order chi connectivity index (χ0) is 13.2. The van der Waals surface area contributed by atoms with E-state index in [0.29, 0.717) is 6.54 Å². The smallest absolute Gasteiger partial charge is 0.200 e. The molecule has 0 saturated carbocycles. The van der Waals surface area contributed by atoms with Gasteiger partial charge in [0.25, 0.3) is 0 Å². The molecule has 1 aromatic carbocycles. The molecular formula is C12H15N2O+. The lowest BCUT2D eigenvalue weighted by Crippen LogP contribution is -2.45. The minimum atomic E-state index is -2.46. The van der Waals surface area contributed by atoms with Gasteiger partial charge in [-0.05, 0) is 6.92 Å². The van der Waals surface area contributed by atoms with Crippen LogP contribution in [0.3, 0.4) is 0 Å². The topological polar surface area (TPSA) is 18.0 Å². The average molecular weight is 206 g/mol. The van der Waals surface area contributed by atoms with Gasteiger partial charge in [0.05, 0.1) is 4.11 Å². The van der Waals surface area contributed by atoms with Crippen LogP contribution in [0.4, 0.5) is 0 Å². The van der Waals surface area contributed by atoms with E-state index < -0.39 is 7.04 Å². The Morgan fingerprint density at radius 2 is 2.13 bits per heavy atom. The summed E-state index contributed by atoms with van der Waals surface area (Å²) in [6, 6.07) is 11.6. The summed E-state index contributed by atoms with van der Waals surface area (Å²) >= 11 is 0. The van der Waals surface area contributed by atoms with E-state index in [1.165, 1.54) is 4.85 Å². The summed E-state index contributed by atoms with van der Waals surface area (Å²) in [5.74, 6) is 0. The predicted octanol–water partition coefficient (Wildman–Crippen LogP) is 1.19. The van der Waals surface area contributed by atoms with Gasteiger partial charge in [0, 0.05) is 16.5 Å². The number of hydrogen-bond acceptors (Lipinski definition) is 1. The van der Waals surface area contributed by atoms with Crippen LogP contribution in [0.25, 0.3) is 0 Å². The molecule has 78 valence electrons. The Morgan fingerprint density at radius 3 is 2.87 bits per heavy atom. The van der Waals surface area contributed by atoms with E-state index in [1.807, 2.05) is 36.4 Å². The molecule has 0 radical (unpaired) electrons. The Hall–Kier alpha value is -1.77. The van der Waals surface area contributed by atoms with Crippen molar-refractivity contribution in [3.05, 3.63) is 53.9 Å².